The number of para-hydroxylation sites is 1. The van der Waals surface area contributed by atoms with E-state index < -0.39 is 0 Å². The summed E-state index contributed by atoms with van der Waals surface area (Å²) in [5, 5.41) is 15.9. The fourth-order valence-electron chi connectivity index (χ4n) is 3.27. The van der Waals surface area contributed by atoms with Crippen LogP contribution in [0.25, 0.3) is 0 Å². The Morgan fingerprint density at radius 3 is 2.12 bits per heavy atom. The summed E-state index contributed by atoms with van der Waals surface area (Å²) in [6.07, 6.45) is 0. The first-order valence-electron chi connectivity index (χ1n) is 10.8. The monoisotopic (exact) mass is 468 g/mol. The Hall–Kier alpha value is -4.10. The summed E-state index contributed by atoms with van der Waals surface area (Å²) in [4.78, 5) is 25.2. The third-order valence-electron chi connectivity index (χ3n) is 5.20. The number of nitrogens with zero attached hydrogens (tertiary/aromatic N) is 2. The molecule has 0 fully saturated rings. The second-order valence-corrected chi connectivity index (χ2v) is 8.87. The fourth-order valence-corrected chi connectivity index (χ4v) is 4.33. The number of azo groups is 1. The smallest absolute Gasteiger partial charge is 0.266 e. The number of carbonyl (C=O) groups is 2. The number of Topliss-reactive ketones (excluding diaryl/α,β-unsaturated/α-hetero) is 1. The summed E-state index contributed by atoms with van der Waals surface area (Å²) < 4.78 is 0. The molecule has 1 aromatic heterocycles. The molecule has 4 aromatic rings. The number of benzene rings is 3. The van der Waals surface area contributed by atoms with Gasteiger partial charge in [0.2, 0.25) is 0 Å². The number of amides is 1. The highest BCUT2D eigenvalue weighted by molar-refractivity contribution is 7.19. The van der Waals surface area contributed by atoms with Crippen LogP contribution in [0.1, 0.15) is 38.1 Å². The van der Waals surface area contributed by atoms with Crippen LogP contribution in [0.2, 0.25) is 0 Å². The van der Waals surface area contributed by atoms with Crippen LogP contribution in [0.5, 0.6) is 0 Å². The topological polar surface area (TPSA) is 82.9 Å². The highest BCUT2D eigenvalue weighted by Crippen LogP contribution is 2.42. The molecular weight excluding hydrogens is 444 g/mol. The first kappa shape index (κ1) is 23.1. The van der Waals surface area contributed by atoms with E-state index in [1.165, 1.54) is 18.3 Å². The van der Waals surface area contributed by atoms with E-state index in [2.05, 4.69) is 20.9 Å². The van der Waals surface area contributed by atoms with E-state index in [0.29, 0.717) is 21.8 Å². The number of hydrogen-bond acceptors (Lipinski definition) is 6. The van der Waals surface area contributed by atoms with Crippen LogP contribution in [-0.2, 0) is 0 Å². The molecule has 6 nitrogen and oxygen atoms in total. The summed E-state index contributed by atoms with van der Waals surface area (Å²) in [5.74, 6) is -0.266. The third-order valence-corrected chi connectivity index (χ3v) is 6.40. The number of anilines is 3. The van der Waals surface area contributed by atoms with Gasteiger partial charge in [-0.05, 0) is 69.3 Å². The number of carbonyl (C=O) groups excluding carboxylic acids is 2. The molecule has 170 valence electrons. The van der Waals surface area contributed by atoms with Crippen LogP contribution in [-0.4, -0.2) is 11.7 Å². The van der Waals surface area contributed by atoms with Crippen LogP contribution in [0, 0.1) is 13.8 Å². The molecule has 4 rings (SSSR count). The van der Waals surface area contributed by atoms with Gasteiger partial charge in [0, 0.05) is 22.5 Å². The van der Waals surface area contributed by atoms with Gasteiger partial charge in [0.1, 0.15) is 10.7 Å². The average molecular weight is 469 g/mol. The molecule has 2 N–H and O–H groups in total. The van der Waals surface area contributed by atoms with Gasteiger partial charge in [-0.15, -0.1) is 16.5 Å². The van der Waals surface area contributed by atoms with Gasteiger partial charge in [-0.3, -0.25) is 9.59 Å². The minimum atomic E-state index is -0.244. The lowest BCUT2D eigenvalue weighted by Gasteiger charge is -2.05. The number of rotatable bonds is 7. The van der Waals surface area contributed by atoms with Gasteiger partial charge < -0.3 is 10.6 Å². The molecule has 1 amide bonds. The van der Waals surface area contributed by atoms with E-state index in [9.17, 15) is 9.59 Å². The van der Waals surface area contributed by atoms with Crippen LogP contribution in [0.3, 0.4) is 0 Å². The van der Waals surface area contributed by atoms with Crippen molar-refractivity contribution < 1.29 is 9.59 Å². The summed E-state index contributed by atoms with van der Waals surface area (Å²) in [6.45, 7) is 5.39. The van der Waals surface area contributed by atoms with Crippen molar-refractivity contribution in [1.82, 2.24) is 0 Å². The van der Waals surface area contributed by atoms with Crippen LogP contribution >= 0.6 is 11.3 Å². The highest BCUT2D eigenvalue weighted by Gasteiger charge is 2.21. The minimum absolute atomic E-state index is 0.0211. The lowest BCUT2D eigenvalue weighted by atomic mass is 10.1. The van der Waals surface area contributed by atoms with Crippen molar-refractivity contribution in [2.75, 3.05) is 10.6 Å². The second-order valence-electron chi connectivity index (χ2n) is 7.85. The molecule has 0 saturated heterocycles. The Morgan fingerprint density at radius 2 is 1.47 bits per heavy atom. The van der Waals surface area contributed by atoms with Gasteiger partial charge >= 0.3 is 0 Å². The Labute approximate surface area is 202 Å². The molecule has 0 aliphatic heterocycles. The molecule has 1 heterocycles. The molecule has 3 aromatic carbocycles. The lowest BCUT2D eigenvalue weighted by molar-refractivity contribution is 0.101. The number of aryl methyl sites for hydroxylation is 1. The number of thiophene rings is 1. The molecule has 0 radical (unpaired) electrons. The zero-order valence-electron chi connectivity index (χ0n) is 19.1. The quantitative estimate of drug-likeness (QED) is 0.213. The summed E-state index contributed by atoms with van der Waals surface area (Å²) in [7, 11) is 0. The van der Waals surface area contributed by atoms with Gasteiger partial charge in [-0.25, -0.2) is 0 Å². The van der Waals surface area contributed by atoms with Crippen molar-refractivity contribution in [2.45, 2.75) is 20.8 Å². The molecule has 0 spiro atoms. The largest absolute Gasteiger partial charge is 0.345 e. The second kappa shape index (κ2) is 10.2. The zero-order chi connectivity index (χ0) is 24.1. The van der Waals surface area contributed by atoms with Gasteiger partial charge in [0.15, 0.2) is 5.78 Å². The number of ketones is 1. The maximum Gasteiger partial charge on any atom is 0.266 e. The van der Waals surface area contributed by atoms with Crippen LogP contribution in [0.15, 0.2) is 89.1 Å². The molecule has 0 atom stereocenters. The van der Waals surface area contributed by atoms with Crippen molar-refractivity contribution in [3.05, 3.63) is 100 Å². The van der Waals surface area contributed by atoms with Gasteiger partial charge in [-0.2, -0.15) is 5.11 Å². The molecule has 34 heavy (non-hydrogen) atoms. The van der Waals surface area contributed by atoms with Gasteiger partial charge in [0.25, 0.3) is 5.91 Å². The molecule has 0 unspecified atom stereocenters. The predicted molar refractivity (Wildman–Crippen MR) is 139 cm³/mol. The maximum atomic E-state index is 13.1. The van der Waals surface area contributed by atoms with E-state index in [1.807, 2.05) is 68.4 Å². The molecule has 0 aliphatic carbocycles. The van der Waals surface area contributed by atoms with Crippen molar-refractivity contribution in [2.24, 2.45) is 10.2 Å². The van der Waals surface area contributed by atoms with Crippen molar-refractivity contribution in [1.29, 1.82) is 0 Å². The number of hydrogen-bond donors (Lipinski definition) is 2. The first-order chi connectivity index (χ1) is 16.4. The molecule has 0 saturated carbocycles. The van der Waals surface area contributed by atoms with Crippen LogP contribution in [0.4, 0.5) is 27.8 Å². The summed E-state index contributed by atoms with van der Waals surface area (Å²) in [5.41, 5.74) is 5.33. The summed E-state index contributed by atoms with van der Waals surface area (Å²) >= 11 is 1.32. The van der Waals surface area contributed by atoms with Gasteiger partial charge in [-0.1, -0.05) is 35.9 Å². The van der Waals surface area contributed by atoms with E-state index in [-0.39, 0.29) is 11.7 Å². The molecule has 0 bridgehead atoms. The molecular formula is C27H24N4O2S. The zero-order valence-corrected chi connectivity index (χ0v) is 19.9. The van der Waals surface area contributed by atoms with Crippen LogP contribution < -0.4 is 10.6 Å². The van der Waals surface area contributed by atoms with E-state index >= 15 is 0 Å². The van der Waals surface area contributed by atoms with Crippen molar-refractivity contribution in [3.63, 3.8) is 0 Å². The first-order valence-corrected chi connectivity index (χ1v) is 11.6. The van der Waals surface area contributed by atoms with E-state index in [4.69, 9.17) is 0 Å². The highest BCUT2D eigenvalue weighted by atomic mass is 32.1. The van der Waals surface area contributed by atoms with Crippen molar-refractivity contribution >= 4 is 50.8 Å². The lowest BCUT2D eigenvalue weighted by Crippen LogP contribution is -2.11. The molecule has 0 aliphatic rings. The molecule has 7 heteroatoms. The Morgan fingerprint density at radius 1 is 0.794 bits per heavy atom. The maximum absolute atomic E-state index is 13.1. The predicted octanol–water partition coefficient (Wildman–Crippen LogP) is 7.98. The third kappa shape index (κ3) is 5.44. The Balaban J connectivity index is 1.65. The van der Waals surface area contributed by atoms with Gasteiger partial charge in [0.05, 0.1) is 10.6 Å². The minimum Gasteiger partial charge on any atom is -0.345 e. The average Bonchev–Trinajstić information content (AvgIpc) is 3.14. The standard InChI is InChI=1S/C27H24N4O2S/c1-17-9-13-23(14-10-17)30-31-24-18(2)25(34-27(24)29-21-7-5-4-6-8-21)26(33)28-22-15-11-20(12-16-22)19(3)32/h4-16,29H,1-3H3,(H,28,33). The number of nitrogens with one attached hydrogen (secondary N) is 2. The Kier molecular flexibility index (Phi) is 6.94. The fraction of sp³-hybridized carbons (Fsp3) is 0.111. The van der Waals surface area contributed by atoms with Crippen molar-refractivity contribution in [3.8, 4) is 0 Å². The SMILES string of the molecule is CC(=O)c1ccc(NC(=O)c2sc(Nc3ccccc3)c(N=Nc3ccc(C)cc3)c2C)cc1. The Bertz CT molecular complexity index is 1340. The normalized spacial score (nSPS) is 10.9. The summed E-state index contributed by atoms with van der Waals surface area (Å²) in [6, 6.07) is 24.3. The van der Waals surface area contributed by atoms with E-state index in [1.54, 1.807) is 24.3 Å². The van der Waals surface area contributed by atoms with E-state index in [0.717, 1.165) is 27.5 Å².